The standard InChI is InChI=1S/C13H21NO2/c1-3-4-5-11(13(14)16)12(9(2)15)8-10-6-7-10/h3,10-12H,1,4-8H2,2H3,(H2,14,16)/t11-,12?/m0/s1. The Hall–Kier alpha value is -1.12. The Labute approximate surface area is 97.1 Å². The molecule has 1 aliphatic rings. The van der Waals surface area contributed by atoms with E-state index in [0.29, 0.717) is 12.3 Å². The Bertz CT molecular complexity index is 282. The molecule has 1 aliphatic carbocycles. The largest absolute Gasteiger partial charge is 0.369 e. The summed E-state index contributed by atoms with van der Waals surface area (Å²) < 4.78 is 0. The smallest absolute Gasteiger partial charge is 0.221 e. The molecule has 0 bridgehead atoms. The molecule has 1 rings (SSSR count). The van der Waals surface area contributed by atoms with Gasteiger partial charge in [0.1, 0.15) is 5.78 Å². The third-order valence-corrected chi connectivity index (χ3v) is 3.34. The molecule has 1 fully saturated rings. The maximum atomic E-state index is 11.6. The number of Topliss-reactive ketones (excluding diaryl/α,β-unsaturated/α-hetero) is 1. The number of rotatable bonds is 8. The summed E-state index contributed by atoms with van der Waals surface area (Å²) in [6, 6.07) is 0. The lowest BCUT2D eigenvalue weighted by Gasteiger charge is -2.22. The van der Waals surface area contributed by atoms with Crippen LogP contribution in [0.5, 0.6) is 0 Å². The third-order valence-electron chi connectivity index (χ3n) is 3.34. The summed E-state index contributed by atoms with van der Waals surface area (Å²) in [5.41, 5.74) is 5.39. The Morgan fingerprint density at radius 2 is 2.06 bits per heavy atom. The third kappa shape index (κ3) is 3.80. The second-order valence-corrected chi connectivity index (χ2v) is 4.77. The van der Waals surface area contributed by atoms with Gasteiger partial charge in [0.2, 0.25) is 5.91 Å². The lowest BCUT2D eigenvalue weighted by molar-refractivity contribution is -0.131. The van der Waals surface area contributed by atoms with Crippen molar-refractivity contribution in [3.05, 3.63) is 12.7 Å². The Morgan fingerprint density at radius 1 is 1.44 bits per heavy atom. The number of primary amides is 1. The first-order valence-corrected chi connectivity index (χ1v) is 5.97. The average molecular weight is 223 g/mol. The van der Waals surface area contributed by atoms with Gasteiger partial charge in [-0.1, -0.05) is 18.9 Å². The number of carbonyl (C=O) groups excluding carboxylic acids is 2. The summed E-state index contributed by atoms with van der Waals surface area (Å²) >= 11 is 0. The Kier molecular flexibility index (Phi) is 4.71. The van der Waals surface area contributed by atoms with E-state index in [1.165, 1.54) is 12.8 Å². The highest BCUT2D eigenvalue weighted by atomic mass is 16.1. The van der Waals surface area contributed by atoms with Gasteiger partial charge in [-0.2, -0.15) is 0 Å². The minimum absolute atomic E-state index is 0.0970. The molecule has 0 spiro atoms. The number of hydrogen-bond acceptors (Lipinski definition) is 2. The molecule has 3 nitrogen and oxygen atoms in total. The van der Waals surface area contributed by atoms with Crippen LogP contribution < -0.4 is 5.73 Å². The molecule has 0 aliphatic heterocycles. The van der Waals surface area contributed by atoms with Crippen LogP contribution in [0, 0.1) is 17.8 Å². The first-order chi connectivity index (χ1) is 7.56. The van der Waals surface area contributed by atoms with Crippen LogP contribution in [0.25, 0.3) is 0 Å². The van der Waals surface area contributed by atoms with Crippen LogP contribution in [-0.4, -0.2) is 11.7 Å². The monoisotopic (exact) mass is 223 g/mol. The molecule has 0 aromatic rings. The number of nitrogens with two attached hydrogens (primary N) is 1. The molecule has 1 unspecified atom stereocenters. The van der Waals surface area contributed by atoms with Crippen molar-refractivity contribution in [2.24, 2.45) is 23.5 Å². The van der Waals surface area contributed by atoms with Crippen LogP contribution in [0.4, 0.5) is 0 Å². The van der Waals surface area contributed by atoms with Crippen molar-refractivity contribution < 1.29 is 9.59 Å². The normalized spacial score (nSPS) is 18.8. The van der Waals surface area contributed by atoms with Crippen LogP contribution in [-0.2, 0) is 9.59 Å². The fraction of sp³-hybridized carbons (Fsp3) is 0.692. The summed E-state index contributed by atoms with van der Waals surface area (Å²) in [5, 5.41) is 0. The first kappa shape index (κ1) is 12.9. The number of hydrogen-bond donors (Lipinski definition) is 1. The van der Waals surface area contributed by atoms with E-state index in [0.717, 1.165) is 12.8 Å². The van der Waals surface area contributed by atoms with Crippen LogP contribution in [0.2, 0.25) is 0 Å². The molecule has 1 amide bonds. The zero-order chi connectivity index (χ0) is 12.1. The van der Waals surface area contributed by atoms with Gasteiger partial charge in [-0.3, -0.25) is 9.59 Å². The van der Waals surface area contributed by atoms with Crippen molar-refractivity contribution in [1.29, 1.82) is 0 Å². The van der Waals surface area contributed by atoms with Crippen molar-refractivity contribution in [3.8, 4) is 0 Å². The van der Waals surface area contributed by atoms with Crippen LogP contribution in [0.15, 0.2) is 12.7 Å². The van der Waals surface area contributed by atoms with Crippen molar-refractivity contribution in [1.82, 2.24) is 0 Å². The second kappa shape index (κ2) is 5.83. The van der Waals surface area contributed by atoms with Gasteiger partial charge in [-0.15, -0.1) is 6.58 Å². The predicted octanol–water partition coefficient (Wildman–Crippen LogP) is 2.06. The summed E-state index contributed by atoms with van der Waals surface area (Å²) in [7, 11) is 0. The van der Waals surface area contributed by atoms with Gasteiger partial charge >= 0.3 is 0 Å². The Balaban J connectivity index is 2.64. The van der Waals surface area contributed by atoms with Gasteiger partial charge in [-0.05, 0) is 32.1 Å². The summed E-state index contributed by atoms with van der Waals surface area (Å²) in [6.45, 7) is 5.20. The molecule has 3 heteroatoms. The molecule has 2 N–H and O–H groups in total. The average Bonchev–Trinajstić information content (AvgIpc) is 2.99. The fourth-order valence-corrected chi connectivity index (χ4v) is 2.17. The molecule has 0 radical (unpaired) electrons. The van der Waals surface area contributed by atoms with Gasteiger partial charge in [0.25, 0.3) is 0 Å². The van der Waals surface area contributed by atoms with Crippen molar-refractivity contribution in [2.75, 3.05) is 0 Å². The molecule has 0 saturated heterocycles. The van der Waals surface area contributed by atoms with E-state index in [4.69, 9.17) is 5.73 Å². The van der Waals surface area contributed by atoms with E-state index in [2.05, 4.69) is 6.58 Å². The maximum absolute atomic E-state index is 11.6. The summed E-state index contributed by atoms with van der Waals surface area (Å²) in [4.78, 5) is 23.0. The number of ketones is 1. The van der Waals surface area contributed by atoms with Gasteiger partial charge in [-0.25, -0.2) is 0 Å². The summed E-state index contributed by atoms with van der Waals surface area (Å²) in [6.07, 6.45) is 6.37. The molecule has 0 aromatic heterocycles. The highest BCUT2D eigenvalue weighted by Gasteiger charge is 2.34. The van der Waals surface area contributed by atoms with Gasteiger partial charge < -0.3 is 5.73 Å². The van der Waals surface area contributed by atoms with E-state index >= 15 is 0 Å². The van der Waals surface area contributed by atoms with Crippen LogP contribution in [0.3, 0.4) is 0 Å². The molecule has 16 heavy (non-hydrogen) atoms. The second-order valence-electron chi connectivity index (χ2n) is 4.77. The zero-order valence-corrected chi connectivity index (χ0v) is 9.95. The van der Waals surface area contributed by atoms with Gasteiger partial charge in [0.05, 0.1) is 0 Å². The zero-order valence-electron chi connectivity index (χ0n) is 9.95. The molecular weight excluding hydrogens is 202 g/mol. The number of amides is 1. The number of carbonyl (C=O) groups is 2. The minimum atomic E-state index is -0.345. The van der Waals surface area contributed by atoms with Crippen molar-refractivity contribution >= 4 is 11.7 Å². The van der Waals surface area contributed by atoms with Crippen LogP contribution in [0.1, 0.15) is 39.0 Å². The minimum Gasteiger partial charge on any atom is -0.369 e. The summed E-state index contributed by atoms with van der Waals surface area (Å²) in [5.74, 6) is -0.0945. The predicted molar refractivity (Wildman–Crippen MR) is 63.6 cm³/mol. The molecular formula is C13H21NO2. The molecule has 2 atom stereocenters. The van der Waals surface area contributed by atoms with Crippen molar-refractivity contribution in [3.63, 3.8) is 0 Å². The van der Waals surface area contributed by atoms with E-state index in [9.17, 15) is 9.59 Å². The lowest BCUT2D eigenvalue weighted by atomic mass is 9.81. The SMILES string of the molecule is C=CCC[C@H](C(N)=O)C(CC1CC1)C(C)=O. The maximum Gasteiger partial charge on any atom is 0.221 e. The van der Waals surface area contributed by atoms with Crippen molar-refractivity contribution in [2.45, 2.75) is 39.0 Å². The van der Waals surface area contributed by atoms with Gasteiger partial charge in [0, 0.05) is 11.8 Å². The van der Waals surface area contributed by atoms with Gasteiger partial charge in [0.15, 0.2) is 0 Å². The van der Waals surface area contributed by atoms with E-state index in [1.807, 2.05) is 0 Å². The van der Waals surface area contributed by atoms with Crippen LogP contribution >= 0.6 is 0 Å². The van der Waals surface area contributed by atoms with E-state index in [-0.39, 0.29) is 23.5 Å². The highest BCUT2D eigenvalue weighted by Crippen LogP contribution is 2.38. The van der Waals surface area contributed by atoms with E-state index in [1.54, 1.807) is 13.0 Å². The molecule has 1 saturated carbocycles. The quantitative estimate of drug-likeness (QED) is 0.640. The Morgan fingerprint density at radius 3 is 2.44 bits per heavy atom. The first-order valence-electron chi connectivity index (χ1n) is 5.97. The molecule has 0 heterocycles. The highest BCUT2D eigenvalue weighted by molar-refractivity contribution is 5.86. The fourth-order valence-electron chi connectivity index (χ4n) is 2.17. The molecule has 0 aromatic carbocycles. The topological polar surface area (TPSA) is 60.2 Å². The van der Waals surface area contributed by atoms with E-state index < -0.39 is 0 Å². The lowest BCUT2D eigenvalue weighted by Crippen LogP contribution is -2.33. The number of allylic oxidation sites excluding steroid dienone is 1. The molecule has 90 valence electrons.